The highest BCUT2D eigenvalue weighted by Crippen LogP contribution is 2.32. The molecule has 0 aliphatic heterocycles. The highest BCUT2D eigenvalue weighted by molar-refractivity contribution is 7.20. The van der Waals surface area contributed by atoms with Crippen LogP contribution < -0.4 is 10.1 Å². The molecule has 0 aliphatic carbocycles. The molecular formula is C14H10ClN3O2S2. The topological polar surface area (TPSA) is 64.1 Å². The number of halogens is 1. The molecule has 0 aliphatic rings. The summed E-state index contributed by atoms with van der Waals surface area (Å²) >= 11 is 8.72. The van der Waals surface area contributed by atoms with Crippen molar-refractivity contribution in [2.24, 2.45) is 0 Å². The lowest BCUT2D eigenvalue weighted by molar-refractivity contribution is 0.102. The molecule has 0 aromatic carbocycles. The molecule has 112 valence electrons. The zero-order valence-corrected chi connectivity index (χ0v) is 13.8. The lowest BCUT2D eigenvalue weighted by Crippen LogP contribution is -2.12. The Morgan fingerprint density at radius 1 is 1.32 bits per heavy atom. The van der Waals surface area contributed by atoms with E-state index in [0.717, 1.165) is 10.6 Å². The van der Waals surface area contributed by atoms with E-state index < -0.39 is 0 Å². The molecule has 0 unspecified atom stereocenters. The number of ether oxygens (including phenoxy) is 1. The van der Waals surface area contributed by atoms with Gasteiger partial charge in [0.05, 0.1) is 27.6 Å². The predicted molar refractivity (Wildman–Crippen MR) is 89.2 cm³/mol. The first kappa shape index (κ1) is 15.0. The fraction of sp³-hybridized carbons (Fsp3) is 0.0714. The van der Waals surface area contributed by atoms with Crippen molar-refractivity contribution in [1.82, 2.24) is 9.97 Å². The summed E-state index contributed by atoms with van der Waals surface area (Å²) in [5, 5.41) is 5.16. The number of thiazole rings is 1. The second-order valence-corrected chi connectivity index (χ2v) is 6.76. The molecule has 0 spiro atoms. The minimum absolute atomic E-state index is 0.264. The number of amides is 1. The van der Waals surface area contributed by atoms with Gasteiger partial charge in [-0.15, -0.1) is 22.7 Å². The molecule has 1 amide bonds. The molecule has 3 aromatic rings. The lowest BCUT2D eigenvalue weighted by atomic mass is 10.3. The minimum atomic E-state index is -0.264. The summed E-state index contributed by atoms with van der Waals surface area (Å²) < 4.78 is 5.67. The van der Waals surface area contributed by atoms with Crippen LogP contribution in [0.5, 0.6) is 5.88 Å². The molecule has 3 heterocycles. The largest absolute Gasteiger partial charge is 0.481 e. The predicted octanol–water partition coefficient (Wildman–Crippen LogP) is 4.18. The number of hydrogen-bond acceptors (Lipinski definition) is 6. The van der Waals surface area contributed by atoms with Crippen LogP contribution in [0.1, 0.15) is 10.4 Å². The van der Waals surface area contributed by atoms with Crippen LogP contribution in [0.25, 0.3) is 10.6 Å². The average Bonchev–Trinajstić information content (AvgIpc) is 3.16. The molecule has 0 bridgehead atoms. The van der Waals surface area contributed by atoms with E-state index in [2.05, 4.69) is 15.3 Å². The van der Waals surface area contributed by atoms with E-state index in [1.807, 2.05) is 17.5 Å². The van der Waals surface area contributed by atoms with Gasteiger partial charge in [-0.3, -0.25) is 10.1 Å². The fourth-order valence-corrected chi connectivity index (χ4v) is 3.48. The maximum absolute atomic E-state index is 12.1. The van der Waals surface area contributed by atoms with E-state index >= 15 is 0 Å². The van der Waals surface area contributed by atoms with Gasteiger partial charge in [0, 0.05) is 17.6 Å². The first-order chi connectivity index (χ1) is 10.7. The summed E-state index contributed by atoms with van der Waals surface area (Å²) in [4.78, 5) is 21.5. The molecule has 5 nitrogen and oxygen atoms in total. The molecule has 1 N–H and O–H groups in total. The van der Waals surface area contributed by atoms with Crippen molar-refractivity contribution in [2.75, 3.05) is 12.4 Å². The van der Waals surface area contributed by atoms with Gasteiger partial charge >= 0.3 is 0 Å². The smallest absolute Gasteiger partial charge is 0.259 e. The van der Waals surface area contributed by atoms with Gasteiger partial charge in [-0.2, -0.15) is 0 Å². The molecule has 22 heavy (non-hydrogen) atoms. The second kappa shape index (κ2) is 6.43. The average molecular weight is 352 g/mol. The van der Waals surface area contributed by atoms with Gasteiger partial charge in [-0.1, -0.05) is 11.6 Å². The summed E-state index contributed by atoms with van der Waals surface area (Å²) in [6.45, 7) is 0. The van der Waals surface area contributed by atoms with Crippen molar-refractivity contribution in [3.8, 4) is 16.5 Å². The number of pyridine rings is 1. The Kier molecular flexibility index (Phi) is 4.37. The van der Waals surface area contributed by atoms with Crippen molar-refractivity contribution < 1.29 is 9.53 Å². The van der Waals surface area contributed by atoms with Crippen LogP contribution in [0.15, 0.2) is 35.8 Å². The van der Waals surface area contributed by atoms with E-state index in [0.29, 0.717) is 20.9 Å². The van der Waals surface area contributed by atoms with E-state index in [1.165, 1.54) is 36.0 Å². The van der Waals surface area contributed by atoms with E-state index in [4.69, 9.17) is 16.3 Å². The highest BCUT2D eigenvalue weighted by atomic mass is 35.5. The van der Waals surface area contributed by atoms with Crippen LogP contribution >= 0.6 is 34.3 Å². The SMILES string of the molecule is COc1ccc(C(=O)Nc2nc(-c3ccc(Cl)s3)cs2)cn1. The number of carbonyl (C=O) groups is 1. The van der Waals surface area contributed by atoms with Gasteiger partial charge in [0.15, 0.2) is 5.13 Å². The molecule has 0 radical (unpaired) electrons. The number of rotatable bonds is 4. The monoisotopic (exact) mass is 351 g/mol. The Morgan fingerprint density at radius 3 is 2.82 bits per heavy atom. The van der Waals surface area contributed by atoms with Crippen LogP contribution in [0, 0.1) is 0 Å². The molecule has 0 saturated heterocycles. The van der Waals surface area contributed by atoms with Gasteiger partial charge in [0.25, 0.3) is 5.91 Å². The van der Waals surface area contributed by atoms with E-state index in [9.17, 15) is 4.79 Å². The summed E-state index contributed by atoms with van der Waals surface area (Å²) in [5.41, 5.74) is 1.24. The molecule has 0 fully saturated rings. The van der Waals surface area contributed by atoms with Crippen molar-refractivity contribution in [3.05, 3.63) is 45.7 Å². The number of nitrogens with one attached hydrogen (secondary N) is 1. The highest BCUT2D eigenvalue weighted by Gasteiger charge is 2.11. The number of carbonyl (C=O) groups excluding carboxylic acids is 1. The van der Waals surface area contributed by atoms with Gasteiger partial charge in [-0.25, -0.2) is 9.97 Å². The summed E-state index contributed by atoms with van der Waals surface area (Å²) in [5.74, 6) is 0.197. The van der Waals surface area contributed by atoms with Crippen molar-refractivity contribution in [3.63, 3.8) is 0 Å². The zero-order valence-electron chi connectivity index (χ0n) is 11.4. The Balaban J connectivity index is 1.72. The van der Waals surface area contributed by atoms with Crippen LogP contribution in [-0.4, -0.2) is 23.0 Å². The van der Waals surface area contributed by atoms with Gasteiger partial charge in [0.2, 0.25) is 5.88 Å². The molecule has 3 aromatic heterocycles. The molecule has 8 heteroatoms. The first-order valence-electron chi connectivity index (χ1n) is 6.18. The maximum atomic E-state index is 12.1. The fourth-order valence-electron chi connectivity index (χ4n) is 1.70. The number of methoxy groups -OCH3 is 1. The molecular weight excluding hydrogens is 342 g/mol. The summed E-state index contributed by atoms with van der Waals surface area (Å²) in [7, 11) is 1.52. The minimum Gasteiger partial charge on any atom is -0.481 e. The van der Waals surface area contributed by atoms with Crippen molar-refractivity contribution in [1.29, 1.82) is 0 Å². The van der Waals surface area contributed by atoms with Crippen molar-refractivity contribution in [2.45, 2.75) is 0 Å². The van der Waals surface area contributed by atoms with Gasteiger partial charge in [0.1, 0.15) is 0 Å². The van der Waals surface area contributed by atoms with Crippen molar-refractivity contribution >= 4 is 45.3 Å². The summed E-state index contributed by atoms with van der Waals surface area (Å²) in [6, 6.07) is 7.01. The van der Waals surface area contributed by atoms with Crippen LogP contribution in [-0.2, 0) is 0 Å². The summed E-state index contributed by atoms with van der Waals surface area (Å²) in [6.07, 6.45) is 1.46. The first-order valence-corrected chi connectivity index (χ1v) is 8.26. The van der Waals surface area contributed by atoms with Crippen LogP contribution in [0.2, 0.25) is 4.34 Å². The number of anilines is 1. The molecule has 3 rings (SSSR count). The Bertz CT molecular complexity index is 799. The normalized spacial score (nSPS) is 10.5. The second-order valence-electron chi connectivity index (χ2n) is 4.19. The Morgan fingerprint density at radius 2 is 2.18 bits per heavy atom. The third kappa shape index (κ3) is 3.27. The number of thiophene rings is 1. The third-order valence-electron chi connectivity index (χ3n) is 2.76. The van der Waals surface area contributed by atoms with E-state index in [1.54, 1.807) is 12.1 Å². The third-order valence-corrected chi connectivity index (χ3v) is 4.77. The number of aromatic nitrogens is 2. The Hall–Kier alpha value is -1.96. The molecule has 0 atom stereocenters. The van der Waals surface area contributed by atoms with Gasteiger partial charge in [-0.05, 0) is 18.2 Å². The maximum Gasteiger partial charge on any atom is 0.259 e. The quantitative estimate of drug-likeness (QED) is 0.765. The number of hydrogen-bond donors (Lipinski definition) is 1. The zero-order chi connectivity index (χ0) is 15.5. The van der Waals surface area contributed by atoms with E-state index in [-0.39, 0.29) is 5.91 Å². The van der Waals surface area contributed by atoms with Gasteiger partial charge < -0.3 is 4.74 Å². The van der Waals surface area contributed by atoms with Crippen LogP contribution in [0.3, 0.4) is 0 Å². The number of nitrogens with zero attached hydrogens (tertiary/aromatic N) is 2. The van der Waals surface area contributed by atoms with Crippen LogP contribution in [0.4, 0.5) is 5.13 Å². The molecule has 0 saturated carbocycles. The lowest BCUT2D eigenvalue weighted by Gasteiger charge is -2.02. The Labute approximate surface area is 139 Å². The standard InChI is InChI=1S/C14H10ClN3O2S2/c1-20-12-5-2-8(6-16-12)13(19)18-14-17-9(7-21-14)10-3-4-11(15)22-10/h2-7H,1H3,(H,17,18,19).